The summed E-state index contributed by atoms with van der Waals surface area (Å²) in [5, 5.41) is 0. The molecule has 1 heterocycles. The van der Waals surface area contributed by atoms with Crippen molar-refractivity contribution >= 4 is 0 Å². The van der Waals surface area contributed by atoms with Gasteiger partial charge >= 0.3 is 0 Å². The number of hydrogen-bond acceptors (Lipinski definition) is 0. The van der Waals surface area contributed by atoms with Gasteiger partial charge in [0.25, 0.3) is 0 Å². The fourth-order valence-electron chi connectivity index (χ4n) is 4.83. The second-order valence-electron chi connectivity index (χ2n) is 9.71. The van der Waals surface area contributed by atoms with Crippen molar-refractivity contribution in [2.24, 2.45) is 0 Å². The molecule has 154 valence electrons. The van der Waals surface area contributed by atoms with Crippen LogP contribution in [0.15, 0.2) is 84.9 Å². The van der Waals surface area contributed by atoms with Crippen molar-refractivity contribution in [3.63, 3.8) is 0 Å². The van der Waals surface area contributed by atoms with Crippen LogP contribution in [0.5, 0.6) is 0 Å². The van der Waals surface area contributed by atoms with E-state index >= 15 is 0 Å². The molecule has 0 atom stereocenters. The fourth-order valence-corrected chi connectivity index (χ4v) is 4.83. The Morgan fingerprint density at radius 3 is 2.10 bits per heavy atom. The first-order chi connectivity index (χ1) is 14.9. The zero-order chi connectivity index (χ0) is 21.6. The highest BCUT2D eigenvalue weighted by Crippen LogP contribution is 2.39. The van der Waals surface area contributed by atoms with Crippen molar-refractivity contribution in [3.05, 3.63) is 107 Å². The normalized spacial score (nSPS) is 12.9. The van der Waals surface area contributed by atoms with Crippen LogP contribution in [-0.4, -0.2) is 0 Å². The Labute approximate surface area is 186 Å². The summed E-state index contributed by atoms with van der Waals surface area (Å²) in [7, 11) is 0. The smallest absolute Gasteiger partial charge is 0.156 e. The van der Waals surface area contributed by atoms with Crippen LogP contribution in [0.3, 0.4) is 0 Å². The highest BCUT2D eigenvalue weighted by Gasteiger charge is 2.36. The molecule has 0 aliphatic heterocycles. The minimum Gasteiger partial charge on any atom is -0.156 e. The third kappa shape index (κ3) is 3.49. The van der Waals surface area contributed by atoms with Crippen LogP contribution >= 0.6 is 0 Å². The first-order valence-corrected chi connectivity index (χ1v) is 11.3. The van der Waals surface area contributed by atoms with Crippen molar-refractivity contribution in [2.45, 2.75) is 46.0 Å². The largest absolute Gasteiger partial charge is 0.222 e. The number of aryl methyl sites for hydroxylation is 2. The first kappa shape index (κ1) is 19.8. The van der Waals surface area contributed by atoms with Gasteiger partial charge in [-0.25, -0.2) is 0 Å². The molecule has 0 saturated carbocycles. The van der Waals surface area contributed by atoms with Crippen LogP contribution in [0.2, 0.25) is 0 Å². The number of nitrogens with zero attached hydrogens (tertiary/aromatic N) is 1. The molecule has 1 heteroatoms. The Bertz CT molecular complexity index is 1240. The standard InChI is InChI=1S/C30H30N/c1-21-14-17-24(18-15-21)31-28(30(2,3)4)20-27(22-10-6-5-7-11-22)26-19-16-23-12-8-9-13-25(23)29(26)31/h5-15,17-18,20H,16,19H2,1-4H3/q+1. The number of aromatic nitrogens is 1. The van der Waals surface area contributed by atoms with Crippen LogP contribution in [0, 0.1) is 6.92 Å². The molecule has 31 heavy (non-hydrogen) atoms. The summed E-state index contributed by atoms with van der Waals surface area (Å²) in [4.78, 5) is 0. The van der Waals surface area contributed by atoms with Gasteiger partial charge in [0.05, 0.1) is 5.56 Å². The maximum Gasteiger partial charge on any atom is 0.222 e. The van der Waals surface area contributed by atoms with E-state index in [1.807, 2.05) is 0 Å². The van der Waals surface area contributed by atoms with Crippen LogP contribution in [-0.2, 0) is 18.3 Å². The lowest BCUT2D eigenvalue weighted by Gasteiger charge is -2.26. The molecule has 1 aliphatic rings. The quantitative estimate of drug-likeness (QED) is 0.317. The SMILES string of the molecule is Cc1ccc(-[n+]2c(C(C)(C)C)cc(-c3ccccc3)c3c2-c2ccccc2CC3)cc1. The monoisotopic (exact) mass is 404 g/mol. The molecule has 4 aromatic rings. The summed E-state index contributed by atoms with van der Waals surface area (Å²) in [5.41, 5.74) is 12.2. The minimum atomic E-state index is -0.00413. The summed E-state index contributed by atoms with van der Waals surface area (Å²) in [6, 6.07) is 31.3. The summed E-state index contributed by atoms with van der Waals surface area (Å²) in [6.45, 7) is 9.12. The molecule has 0 radical (unpaired) electrons. The summed E-state index contributed by atoms with van der Waals surface area (Å²) in [6.07, 6.45) is 2.15. The summed E-state index contributed by atoms with van der Waals surface area (Å²) in [5.74, 6) is 0. The average Bonchev–Trinajstić information content (AvgIpc) is 2.78. The van der Waals surface area contributed by atoms with Gasteiger partial charge in [0.15, 0.2) is 5.69 Å². The molecule has 0 unspecified atom stereocenters. The molecule has 1 aromatic heterocycles. The van der Waals surface area contributed by atoms with Gasteiger partial charge in [-0.05, 0) is 42.5 Å². The van der Waals surface area contributed by atoms with E-state index in [1.54, 1.807) is 0 Å². The van der Waals surface area contributed by atoms with Gasteiger partial charge < -0.3 is 0 Å². The lowest BCUT2D eigenvalue weighted by atomic mass is 9.81. The first-order valence-electron chi connectivity index (χ1n) is 11.3. The topological polar surface area (TPSA) is 3.88 Å². The van der Waals surface area contributed by atoms with Crippen LogP contribution in [0.25, 0.3) is 28.1 Å². The minimum absolute atomic E-state index is 0.00413. The van der Waals surface area contributed by atoms with Gasteiger partial charge in [0.1, 0.15) is 0 Å². The lowest BCUT2D eigenvalue weighted by molar-refractivity contribution is -0.597. The molecule has 1 aliphatic carbocycles. The van der Waals surface area contributed by atoms with Gasteiger partial charge in [-0.3, -0.25) is 0 Å². The molecule has 0 saturated heterocycles. The van der Waals surface area contributed by atoms with Gasteiger partial charge in [0.2, 0.25) is 11.4 Å². The Hall–Kier alpha value is -3.19. The Kier molecular flexibility index (Phi) is 4.78. The maximum absolute atomic E-state index is 2.53. The van der Waals surface area contributed by atoms with Crippen molar-refractivity contribution in [3.8, 4) is 28.1 Å². The van der Waals surface area contributed by atoms with E-state index in [-0.39, 0.29) is 5.41 Å². The molecular formula is C30H30N+. The highest BCUT2D eigenvalue weighted by molar-refractivity contribution is 5.78. The van der Waals surface area contributed by atoms with Gasteiger partial charge in [0, 0.05) is 29.2 Å². The molecule has 1 nitrogen and oxygen atoms in total. The third-order valence-electron chi connectivity index (χ3n) is 6.42. The Morgan fingerprint density at radius 2 is 1.39 bits per heavy atom. The van der Waals surface area contributed by atoms with Crippen LogP contribution < -0.4 is 4.57 Å². The van der Waals surface area contributed by atoms with E-state index < -0.39 is 0 Å². The van der Waals surface area contributed by atoms with E-state index in [0.717, 1.165) is 12.8 Å². The molecule has 0 bridgehead atoms. The molecular weight excluding hydrogens is 374 g/mol. The Balaban J connectivity index is 1.94. The predicted molar refractivity (Wildman–Crippen MR) is 130 cm³/mol. The lowest BCUT2D eigenvalue weighted by Crippen LogP contribution is -2.45. The van der Waals surface area contributed by atoms with E-state index in [0.29, 0.717) is 0 Å². The summed E-state index contributed by atoms with van der Waals surface area (Å²) < 4.78 is 2.53. The number of pyridine rings is 1. The van der Waals surface area contributed by atoms with Gasteiger partial charge in [-0.2, -0.15) is 4.57 Å². The van der Waals surface area contributed by atoms with Crippen molar-refractivity contribution in [1.29, 1.82) is 0 Å². The third-order valence-corrected chi connectivity index (χ3v) is 6.42. The van der Waals surface area contributed by atoms with Crippen LogP contribution in [0.4, 0.5) is 0 Å². The molecule has 0 fully saturated rings. The zero-order valence-corrected chi connectivity index (χ0v) is 18.9. The number of hydrogen-bond donors (Lipinski definition) is 0. The van der Waals surface area contributed by atoms with E-state index in [2.05, 4.69) is 117 Å². The number of rotatable bonds is 2. The second kappa shape index (κ2) is 7.50. The number of fused-ring (bicyclic) bond motifs is 3. The molecule has 0 amide bonds. The molecule has 3 aromatic carbocycles. The van der Waals surface area contributed by atoms with Crippen LogP contribution in [0.1, 0.15) is 43.2 Å². The van der Waals surface area contributed by atoms with Crippen molar-refractivity contribution < 1.29 is 4.57 Å². The number of benzene rings is 3. The van der Waals surface area contributed by atoms with Crippen molar-refractivity contribution in [1.82, 2.24) is 0 Å². The van der Waals surface area contributed by atoms with E-state index in [4.69, 9.17) is 0 Å². The molecule has 0 N–H and O–H groups in total. The summed E-state index contributed by atoms with van der Waals surface area (Å²) >= 11 is 0. The van der Waals surface area contributed by atoms with Gasteiger partial charge in [-0.15, -0.1) is 0 Å². The van der Waals surface area contributed by atoms with Crippen molar-refractivity contribution in [2.75, 3.05) is 0 Å². The van der Waals surface area contributed by atoms with E-state index in [9.17, 15) is 0 Å². The second-order valence-corrected chi connectivity index (χ2v) is 9.71. The fraction of sp³-hybridized carbons (Fsp3) is 0.233. The predicted octanol–water partition coefficient (Wildman–Crippen LogP) is 7.00. The molecule has 5 rings (SSSR count). The Morgan fingerprint density at radius 1 is 0.710 bits per heavy atom. The average molecular weight is 405 g/mol. The van der Waals surface area contributed by atoms with Gasteiger partial charge in [-0.1, -0.05) is 87.0 Å². The molecule has 0 spiro atoms. The maximum atomic E-state index is 2.53. The zero-order valence-electron chi connectivity index (χ0n) is 18.9. The van der Waals surface area contributed by atoms with E-state index in [1.165, 1.54) is 50.5 Å². The highest BCUT2D eigenvalue weighted by atomic mass is 15.0.